The molecule has 0 spiro atoms. The fraction of sp³-hybridized carbons (Fsp3) is 0.471. The molecule has 3 heteroatoms. The highest BCUT2D eigenvalue weighted by Crippen LogP contribution is 2.43. The minimum atomic E-state index is 0.134. The summed E-state index contributed by atoms with van der Waals surface area (Å²) in [4.78, 5) is 0. The number of benzene rings is 1. The molecule has 0 radical (unpaired) electrons. The lowest BCUT2D eigenvalue weighted by Crippen LogP contribution is -2.26. The molecule has 1 aromatic heterocycles. The molecular weight excluding hydrogens is 248 g/mol. The first kappa shape index (κ1) is 13.4. The number of fused-ring (bicyclic) bond motifs is 3. The van der Waals surface area contributed by atoms with E-state index in [9.17, 15) is 0 Å². The Bertz CT molecular complexity index is 613. The molecule has 1 N–H and O–H groups in total. The van der Waals surface area contributed by atoms with Crippen molar-refractivity contribution in [3.63, 3.8) is 0 Å². The number of hydrogen-bond donors (Lipinski definition) is 1. The molecule has 0 saturated heterocycles. The predicted molar refractivity (Wildman–Crippen MR) is 80.7 cm³/mol. The van der Waals surface area contributed by atoms with Crippen LogP contribution in [0.25, 0.3) is 11.3 Å². The average Bonchev–Trinajstić information content (AvgIpc) is 2.82. The number of hydrogen-bond acceptors (Lipinski definition) is 3. The standard InChI is InChI=1S/C17H22N2O/c1-4-9-18-11-15-13-10-17(2,3)14-8-6-5-7-12(14)16(13)20-19-15/h5-8,18H,4,9-11H2,1-3H3. The van der Waals surface area contributed by atoms with Crippen molar-refractivity contribution >= 4 is 0 Å². The molecule has 1 aliphatic carbocycles. The zero-order valence-electron chi connectivity index (χ0n) is 12.5. The molecule has 0 saturated carbocycles. The van der Waals surface area contributed by atoms with Crippen molar-refractivity contribution in [2.45, 2.75) is 45.6 Å². The van der Waals surface area contributed by atoms with Crippen LogP contribution in [0.1, 0.15) is 44.0 Å². The minimum absolute atomic E-state index is 0.134. The van der Waals surface area contributed by atoms with Gasteiger partial charge in [-0.25, -0.2) is 0 Å². The van der Waals surface area contributed by atoms with Crippen LogP contribution in [0.4, 0.5) is 0 Å². The van der Waals surface area contributed by atoms with Crippen LogP contribution in [0.2, 0.25) is 0 Å². The maximum Gasteiger partial charge on any atom is 0.170 e. The van der Waals surface area contributed by atoms with Crippen molar-refractivity contribution in [1.29, 1.82) is 0 Å². The highest BCUT2D eigenvalue weighted by molar-refractivity contribution is 5.70. The molecule has 0 amide bonds. The maximum atomic E-state index is 5.65. The molecule has 0 fully saturated rings. The van der Waals surface area contributed by atoms with Crippen LogP contribution < -0.4 is 5.32 Å². The molecule has 3 nitrogen and oxygen atoms in total. The third kappa shape index (κ3) is 2.16. The summed E-state index contributed by atoms with van der Waals surface area (Å²) < 4.78 is 5.65. The second-order valence-corrected chi connectivity index (χ2v) is 6.22. The average molecular weight is 270 g/mol. The molecule has 0 aliphatic heterocycles. The van der Waals surface area contributed by atoms with E-state index in [1.165, 1.54) is 16.7 Å². The lowest BCUT2D eigenvalue weighted by molar-refractivity contribution is 0.415. The lowest BCUT2D eigenvalue weighted by atomic mass is 9.72. The fourth-order valence-corrected chi connectivity index (χ4v) is 3.07. The van der Waals surface area contributed by atoms with E-state index < -0.39 is 0 Å². The van der Waals surface area contributed by atoms with Gasteiger partial charge in [-0.1, -0.05) is 50.2 Å². The summed E-state index contributed by atoms with van der Waals surface area (Å²) in [6, 6.07) is 8.52. The van der Waals surface area contributed by atoms with E-state index >= 15 is 0 Å². The number of aromatic nitrogens is 1. The Kier molecular flexibility index (Phi) is 3.38. The van der Waals surface area contributed by atoms with Gasteiger partial charge in [0.15, 0.2) is 5.76 Å². The van der Waals surface area contributed by atoms with E-state index in [1.54, 1.807) is 0 Å². The third-order valence-electron chi connectivity index (χ3n) is 4.11. The van der Waals surface area contributed by atoms with Crippen LogP contribution in [-0.4, -0.2) is 11.7 Å². The van der Waals surface area contributed by atoms with Crippen molar-refractivity contribution in [2.75, 3.05) is 6.54 Å². The van der Waals surface area contributed by atoms with Crippen LogP contribution in [0.5, 0.6) is 0 Å². The van der Waals surface area contributed by atoms with Crippen LogP contribution in [-0.2, 0) is 18.4 Å². The van der Waals surface area contributed by atoms with Gasteiger partial charge >= 0.3 is 0 Å². The van der Waals surface area contributed by atoms with Gasteiger partial charge in [-0.05, 0) is 30.4 Å². The summed E-state index contributed by atoms with van der Waals surface area (Å²) in [5.74, 6) is 0.966. The quantitative estimate of drug-likeness (QED) is 0.861. The van der Waals surface area contributed by atoms with Gasteiger partial charge in [0, 0.05) is 17.7 Å². The Morgan fingerprint density at radius 3 is 2.90 bits per heavy atom. The molecule has 2 aromatic rings. The maximum absolute atomic E-state index is 5.65. The Morgan fingerprint density at radius 2 is 2.10 bits per heavy atom. The van der Waals surface area contributed by atoms with Crippen LogP contribution in [0.3, 0.4) is 0 Å². The summed E-state index contributed by atoms with van der Waals surface area (Å²) in [7, 11) is 0. The predicted octanol–water partition coefficient (Wildman–Crippen LogP) is 3.67. The molecule has 106 valence electrons. The topological polar surface area (TPSA) is 38.1 Å². The zero-order valence-corrected chi connectivity index (χ0v) is 12.5. The highest BCUT2D eigenvalue weighted by Gasteiger charge is 2.35. The van der Waals surface area contributed by atoms with Gasteiger partial charge in [0.2, 0.25) is 0 Å². The monoisotopic (exact) mass is 270 g/mol. The van der Waals surface area contributed by atoms with E-state index in [-0.39, 0.29) is 5.41 Å². The molecule has 3 rings (SSSR count). The Hall–Kier alpha value is -1.61. The lowest BCUT2D eigenvalue weighted by Gasteiger charge is -2.31. The molecule has 0 unspecified atom stereocenters. The molecule has 0 bridgehead atoms. The summed E-state index contributed by atoms with van der Waals surface area (Å²) >= 11 is 0. The van der Waals surface area contributed by atoms with Gasteiger partial charge in [-0.2, -0.15) is 0 Å². The molecule has 20 heavy (non-hydrogen) atoms. The van der Waals surface area contributed by atoms with Crippen molar-refractivity contribution in [3.8, 4) is 11.3 Å². The van der Waals surface area contributed by atoms with E-state index in [2.05, 4.69) is 55.5 Å². The van der Waals surface area contributed by atoms with Gasteiger partial charge in [-0.15, -0.1) is 0 Å². The number of rotatable bonds is 4. The number of nitrogens with zero attached hydrogens (tertiary/aromatic N) is 1. The molecule has 1 aromatic carbocycles. The third-order valence-corrected chi connectivity index (χ3v) is 4.11. The summed E-state index contributed by atoms with van der Waals surface area (Å²) in [5, 5.41) is 7.71. The van der Waals surface area contributed by atoms with Crippen molar-refractivity contribution in [1.82, 2.24) is 10.5 Å². The summed E-state index contributed by atoms with van der Waals surface area (Å²) in [6.07, 6.45) is 2.13. The van der Waals surface area contributed by atoms with E-state index in [0.29, 0.717) is 0 Å². The second kappa shape index (κ2) is 5.06. The highest BCUT2D eigenvalue weighted by atomic mass is 16.5. The Labute approximate surface area is 120 Å². The minimum Gasteiger partial charge on any atom is -0.356 e. The molecule has 1 aliphatic rings. The molecule has 1 heterocycles. The van der Waals surface area contributed by atoms with E-state index in [1.807, 2.05) is 0 Å². The molecule has 0 atom stereocenters. The Morgan fingerprint density at radius 1 is 1.30 bits per heavy atom. The van der Waals surface area contributed by atoms with Gasteiger partial charge in [-0.3, -0.25) is 0 Å². The first-order chi connectivity index (χ1) is 9.63. The van der Waals surface area contributed by atoms with E-state index in [4.69, 9.17) is 4.52 Å². The first-order valence-electron chi connectivity index (χ1n) is 7.41. The van der Waals surface area contributed by atoms with Crippen LogP contribution in [0.15, 0.2) is 28.8 Å². The van der Waals surface area contributed by atoms with Gasteiger partial charge in [0.25, 0.3) is 0 Å². The van der Waals surface area contributed by atoms with Gasteiger partial charge < -0.3 is 9.84 Å². The van der Waals surface area contributed by atoms with Crippen molar-refractivity contribution in [2.24, 2.45) is 0 Å². The second-order valence-electron chi connectivity index (χ2n) is 6.22. The SMILES string of the molecule is CCCNCc1noc2c1CC(C)(C)c1ccccc1-2. The van der Waals surface area contributed by atoms with Crippen molar-refractivity contribution < 1.29 is 4.52 Å². The Balaban J connectivity index is 2.00. The molecular formula is C17H22N2O. The van der Waals surface area contributed by atoms with Crippen LogP contribution in [0, 0.1) is 0 Å². The van der Waals surface area contributed by atoms with E-state index in [0.717, 1.165) is 37.4 Å². The van der Waals surface area contributed by atoms with Gasteiger partial charge in [0.05, 0.1) is 0 Å². The first-order valence-corrected chi connectivity index (χ1v) is 7.41. The van der Waals surface area contributed by atoms with Crippen LogP contribution >= 0.6 is 0 Å². The van der Waals surface area contributed by atoms with Crippen molar-refractivity contribution in [3.05, 3.63) is 41.1 Å². The zero-order chi connectivity index (χ0) is 14.2. The number of nitrogens with one attached hydrogen (secondary N) is 1. The normalized spacial score (nSPS) is 15.8. The smallest absolute Gasteiger partial charge is 0.170 e. The summed E-state index contributed by atoms with van der Waals surface area (Å²) in [6.45, 7) is 8.58. The largest absolute Gasteiger partial charge is 0.356 e. The fourth-order valence-electron chi connectivity index (χ4n) is 3.07. The summed E-state index contributed by atoms with van der Waals surface area (Å²) in [5.41, 5.74) is 5.03. The van der Waals surface area contributed by atoms with Gasteiger partial charge in [0.1, 0.15) is 5.69 Å².